The summed E-state index contributed by atoms with van der Waals surface area (Å²) in [6.45, 7) is 0.636. The standard InChI is InChI=1S/C13H16N2O2/c16-7-1-5-15-13(17)9-10-2-3-12-11(8-10)4-6-14-12/h2-4,6,8,14,16H,1,5,7,9H2,(H,15,17). The molecule has 1 aromatic heterocycles. The minimum Gasteiger partial charge on any atom is -0.396 e. The molecule has 0 aliphatic rings. The summed E-state index contributed by atoms with van der Waals surface area (Å²) in [5.41, 5.74) is 2.08. The predicted molar refractivity (Wildman–Crippen MR) is 66.7 cm³/mol. The number of aliphatic hydroxyl groups is 1. The highest BCUT2D eigenvalue weighted by atomic mass is 16.3. The molecule has 90 valence electrons. The van der Waals surface area contributed by atoms with Crippen LogP contribution in [0.15, 0.2) is 30.5 Å². The van der Waals surface area contributed by atoms with Crippen LogP contribution >= 0.6 is 0 Å². The highest BCUT2D eigenvalue weighted by Crippen LogP contribution is 2.14. The molecule has 2 aromatic rings. The number of aromatic nitrogens is 1. The van der Waals surface area contributed by atoms with Gasteiger partial charge < -0.3 is 15.4 Å². The molecule has 3 N–H and O–H groups in total. The number of H-pyrrole nitrogens is 1. The zero-order valence-corrected chi connectivity index (χ0v) is 9.57. The zero-order chi connectivity index (χ0) is 12.1. The Kier molecular flexibility index (Phi) is 3.77. The van der Waals surface area contributed by atoms with Gasteiger partial charge in [-0.1, -0.05) is 6.07 Å². The third kappa shape index (κ3) is 3.07. The quantitative estimate of drug-likeness (QED) is 0.678. The molecule has 17 heavy (non-hydrogen) atoms. The number of hydrogen-bond acceptors (Lipinski definition) is 2. The Morgan fingerprint density at radius 2 is 2.24 bits per heavy atom. The fourth-order valence-electron chi connectivity index (χ4n) is 1.77. The second kappa shape index (κ2) is 5.50. The van der Waals surface area contributed by atoms with Crippen molar-refractivity contribution in [3.63, 3.8) is 0 Å². The summed E-state index contributed by atoms with van der Waals surface area (Å²) < 4.78 is 0. The first-order valence-electron chi connectivity index (χ1n) is 5.73. The van der Waals surface area contributed by atoms with Crippen LogP contribution in [0.25, 0.3) is 10.9 Å². The van der Waals surface area contributed by atoms with Crippen molar-refractivity contribution in [2.75, 3.05) is 13.2 Å². The van der Waals surface area contributed by atoms with E-state index < -0.39 is 0 Å². The number of rotatable bonds is 5. The van der Waals surface area contributed by atoms with Crippen LogP contribution in [-0.2, 0) is 11.2 Å². The lowest BCUT2D eigenvalue weighted by Gasteiger charge is -2.04. The number of aromatic amines is 1. The number of nitrogens with one attached hydrogen (secondary N) is 2. The van der Waals surface area contributed by atoms with E-state index >= 15 is 0 Å². The molecule has 4 nitrogen and oxygen atoms in total. The second-order valence-corrected chi connectivity index (χ2v) is 4.00. The van der Waals surface area contributed by atoms with Crippen LogP contribution < -0.4 is 5.32 Å². The first-order valence-corrected chi connectivity index (χ1v) is 5.73. The summed E-state index contributed by atoms with van der Waals surface area (Å²) in [6, 6.07) is 7.93. The molecule has 2 rings (SSSR count). The lowest BCUT2D eigenvalue weighted by atomic mass is 10.1. The van der Waals surface area contributed by atoms with Crippen LogP contribution in [0.5, 0.6) is 0 Å². The van der Waals surface area contributed by atoms with Crippen molar-refractivity contribution in [3.05, 3.63) is 36.0 Å². The normalized spacial score (nSPS) is 10.6. The molecule has 0 spiro atoms. The number of carbonyl (C=O) groups is 1. The molecule has 4 heteroatoms. The van der Waals surface area contributed by atoms with E-state index in [4.69, 9.17) is 5.11 Å². The van der Waals surface area contributed by atoms with Crippen molar-refractivity contribution < 1.29 is 9.90 Å². The second-order valence-electron chi connectivity index (χ2n) is 4.00. The summed E-state index contributed by atoms with van der Waals surface area (Å²) in [6.07, 6.45) is 2.87. The monoisotopic (exact) mass is 232 g/mol. The number of fused-ring (bicyclic) bond motifs is 1. The first-order chi connectivity index (χ1) is 8.29. The van der Waals surface area contributed by atoms with Gasteiger partial charge in [0.15, 0.2) is 0 Å². The highest BCUT2D eigenvalue weighted by molar-refractivity contribution is 5.83. The molecule has 0 aliphatic carbocycles. The van der Waals surface area contributed by atoms with Gasteiger partial charge in [-0.05, 0) is 35.6 Å². The Balaban J connectivity index is 1.95. The van der Waals surface area contributed by atoms with Gasteiger partial charge in [0, 0.05) is 24.9 Å². The molecule has 1 heterocycles. The van der Waals surface area contributed by atoms with Crippen LogP contribution in [0.3, 0.4) is 0 Å². The van der Waals surface area contributed by atoms with Crippen molar-refractivity contribution >= 4 is 16.8 Å². The van der Waals surface area contributed by atoms with E-state index in [-0.39, 0.29) is 12.5 Å². The first kappa shape index (κ1) is 11.7. The average molecular weight is 232 g/mol. The number of benzene rings is 1. The van der Waals surface area contributed by atoms with Gasteiger partial charge in [-0.2, -0.15) is 0 Å². The van der Waals surface area contributed by atoms with Crippen molar-refractivity contribution in [2.24, 2.45) is 0 Å². The maximum absolute atomic E-state index is 11.6. The van der Waals surface area contributed by atoms with E-state index in [1.165, 1.54) is 0 Å². The Hall–Kier alpha value is -1.81. The van der Waals surface area contributed by atoms with Crippen LogP contribution in [0.2, 0.25) is 0 Å². The maximum Gasteiger partial charge on any atom is 0.224 e. The van der Waals surface area contributed by atoms with E-state index in [1.54, 1.807) is 0 Å². The van der Waals surface area contributed by atoms with E-state index in [0.29, 0.717) is 19.4 Å². The number of aliphatic hydroxyl groups excluding tert-OH is 1. The Labute approximate surface area is 99.7 Å². The number of carbonyl (C=O) groups excluding carboxylic acids is 1. The summed E-state index contributed by atoms with van der Waals surface area (Å²) in [5.74, 6) is -0.00617. The molecule has 0 unspecified atom stereocenters. The van der Waals surface area contributed by atoms with Gasteiger partial charge in [-0.25, -0.2) is 0 Å². The molecule has 1 amide bonds. The molecular weight excluding hydrogens is 216 g/mol. The van der Waals surface area contributed by atoms with Gasteiger partial charge in [-0.15, -0.1) is 0 Å². The summed E-state index contributed by atoms with van der Waals surface area (Å²) in [4.78, 5) is 14.7. The lowest BCUT2D eigenvalue weighted by Crippen LogP contribution is -2.26. The van der Waals surface area contributed by atoms with Crippen LogP contribution in [0.1, 0.15) is 12.0 Å². The van der Waals surface area contributed by atoms with E-state index in [2.05, 4.69) is 10.3 Å². The van der Waals surface area contributed by atoms with Crippen LogP contribution in [0, 0.1) is 0 Å². The summed E-state index contributed by atoms with van der Waals surface area (Å²) in [5, 5.41) is 12.5. The minimum absolute atomic E-state index is 0.00617. The molecule has 0 saturated carbocycles. The van der Waals surface area contributed by atoms with Crippen LogP contribution in [-0.4, -0.2) is 29.1 Å². The highest BCUT2D eigenvalue weighted by Gasteiger charge is 2.03. The zero-order valence-electron chi connectivity index (χ0n) is 9.57. The fraction of sp³-hybridized carbons (Fsp3) is 0.308. The molecule has 0 radical (unpaired) electrons. The molecule has 1 aromatic carbocycles. The molecule has 0 fully saturated rings. The third-order valence-corrected chi connectivity index (χ3v) is 2.64. The Morgan fingerprint density at radius 3 is 3.06 bits per heavy atom. The van der Waals surface area contributed by atoms with Crippen molar-refractivity contribution in [1.29, 1.82) is 0 Å². The van der Waals surface area contributed by atoms with Crippen molar-refractivity contribution in [3.8, 4) is 0 Å². The molecule has 0 bridgehead atoms. The third-order valence-electron chi connectivity index (χ3n) is 2.64. The Morgan fingerprint density at radius 1 is 1.35 bits per heavy atom. The van der Waals surface area contributed by atoms with E-state index in [0.717, 1.165) is 16.5 Å². The van der Waals surface area contributed by atoms with Gasteiger partial charge in [-0.3, -0.25) is 4.79 Å². The summed E-state index contributed by atoms with van der Waals surface area (Å²) >= 11 is 0. The average Bonchev–Trinajstić information content (AvgIpc) is 2.76. The van der Waals surface area contributed by atoms with Gasteiger partial charge in [0.2, 0.25) is 5.91 Å². The van der Waals surface area contributed by atoms with Gasteiger partial charge in [0.25, 0.3) is 0 Å². The van der Waals surface area contributed by atoms with E-state index in [9.17, 15) is 4.79 Å². The number of hydrogen-bond donors (Lipinski definition) is 3. The van der Waals surface area contributed by atoms with Crippen LogP contribution in [0.4, 0.5) is 0 Å². The number of amides is 1. The lowest BCUT2D eigenvalue weighted by molar-refractivity contribution is -0.120. The topological polar surface area (TPSA) is 65.1 Å². The van der Waals surface area contributed by atoms with Gasteiger partial charge in [0.1, 0.15) is 0 Å². The Bertz CT molecular complexity index is 505. The summed E-state index contributed by atoms with van der Waals surface area (Å²) in [7, 11) is 0. The smallest absolute Gasteiger partial charge is 0.224 e. The van der Waals surface area contributed by atoms with E-state index in [1.807, 2.05) is 30.5 Å². The van der Waals surface area contributed by atoms with Gasteiger partial charge in [0.05, 0.1) is 6.42 Å². The molecular formula is C13H16N2O2. The maximum atomic E-state index is 11.6. The van der Waals surface area contributed by atoms with Crippen molar-refractivity contribution in [1.82, 2.24) is 10.3 Å². The molecule has 0 atom stereocenters. The largest absolute Gasteiger partial charge is 0.396 e. The SMILES string of the molecule is O=C(Cc1ccc2[nH]ccc2c1)NCCCO. The molecule has 0 saturated heterocycles. The molecule has 0 aliphatic heterocycles. The van der Waals surface area contributed by atoms with Gasteiger partial charge >= 0.3 is 0 Å². The minimum atomic E-state index is -0.00617. The predicted octanol–water partition coefficient (Wildman–Crippen LogP) is 1.21. The van der Waals surface area contributed by atoms with Crippen molar-refractivity contribution in [2.45, 2.75) is 12.8 Å². The fourth-order valence-corrected chi connectivity index (χ4v) is 1.77.